The Labute approximate surface area is 161 Å². The molecule has 3 aromatic rings. The van der Waals surface area contributed by atoms with Crippen LogP contribution >= 0.6 is 22.9 Å². The molecule has 1 amide bonds. The number of thiophene rings is 1. The molecule has 3 heterocycles. The monoisotopic (exact) mass is 386 g/mol. The first kappa shape index (κ1) is 17.3. The largest absolute Gasteiger partial charge is 0.310 e. The van der Waals surface area contributed by atoms with Gasteiger partial charge in [-0.25, -0.2) is 4.68 Å². The van der Waals surface area contributed by atoms with Crippen LogP contribution < -0.4 is 5.32 Å². The Hall–Kier alpha value is -2.15. The first-order valence-corrected chi connectivity index (χ1v) is 9.77. The summed E-state index contributed by atoms with van der Waals surface area (Å²) in [6.07, 6.45) is 2.72. The fraction of sp³-hybridized carbons (Fsp3) is 0.263. The SMILES string of the molecule is O=C(CN1CCc2sccc2C1)Nc1ccnn1Cc1ccc(Cl)cc1. The molecule has 0 saturated carbocycles. The predicted octanol–water partition coefficient (Wildman–Crippen LogP) is 3.64. The van der Waals surface area contributed by atoms with Gasteiger partial charge in [-0.2, -0.15) is 5.10 Å². The van der Waals surface area contributed by atoms with Gasteiger partial charge in [0.05, 0.1) is 19.3 Å². The molecule has 0 bridgehead atoms. The molecule has 0 unspecified atom stereocenters. The molecule has 2 aromatic heterocycles. The van der Waals surface area contributed by atoms with Gasteiger partial charge in [0.1, 0.15) is 5.82 Å². The zero-order valence-electron chi connectivity index (χ0n) is 14.2. The Morgan fingerprint density at radius 3 is 2.92 bits per heavy atom. The summed E-state index contributed by atoms with van der Waals surface area (Å²) in [5.74, 6) is 0.694. The highest BCUT2D eigenvalue weighted by Crippen LogP contribution is 2.23. The minimum absolute atomic E-state index is 0.0125. The maximum atomic E-state index is 12.5. The predicted molar refractivity (Wildman–Crippen MR) is 105 cm³/mol. The second-order valence-electron chi connectivity index (χ2n) is 6.38. The van der Waals surface area contributed by atoms with E-state index in [9.17, 15) is 4.79 Å². The smallest absolute Gasteiger partial charge is 0.239 e. The number of aromatic nitrogens is 2. The molecule has 0 atom stereocenters. The van der Waals surface area contributed by atoms with Crippen molar-refractivity contribution in [3.05, 3.63) is 69.0 Å². The number of anilines is 1. The molecule has 0 aliphatic carbocycles. The minimum atomic E-state index is -0.0125. The Morgan fingerprint density at radius 1 is 1.23 bits per heavy atom. The van der Waals surface area contributed by atoms with Crippen molar-refractivity contribution in [3.63, 3.8) is 0 Å². The van der Waals surface area contributed by atoms with E-state index < -0.39 is 0 Å². The summed E-state index contributed by atoms with van der Waals surface area (Å²) in [5.41, 5.74) is 2.43. The van der Waals surface area contributed by atoms with Crippen LogP contribution in [0.1, 0.15) is 16.0 Å². The van der Waals surface area contributed by atoms with Crippen molar-refractivity contribution < 1.29 is 4.79 Å². The molecule has 4 rings (SSSR count). The molecule has 0 fully saturated rings. The first-order chi connectivity index (χ1) is 12.7. The number of hydrogen-bond acceptors (Lipinski definition) is 4. The fourth-order valence-corrected chi connectivity index (χ4v) is 4.17. The van der Waals surface area contributed by atoms with Crippen LogP contribution in [0.4, 0.5) is 5.82 Å². The first-order valence-electron chi connectivity index (χ1n) is 8.51. The van der Waals surface area contributed by atoms with Gasteiger partial charge in [-0.05, 0) is 41.1 Å². The van der Waals surface area contributed by atoms with Crippen LogP contribution in [0.25, 0.3) is 0 Å². The number of benzene rings is 1. The summed E-state index contributed by atoms with van der Waals surface area (Å²) >= 11 is 7.73. The van der Waals surface area contributed by atoms with E-state index in [-0.39, 0.29) is 5.91 Å². The zero-order valence-corrected chi connectivity index (χ0v) is 15.8. The number of nitrogens with one attached hydrogen (secondary N) is 1. The van der Waals surface area contributed by atoms with Crippen LogP contribution in [0.2, 0.25) is 5.02 Å². The lowest BCUT2D eigenvalue weighted by Gasteiger charge is -2.26. The lowest BCUT2D eigenvalue weighted by atomic mass is 10.1. The van der Waals surface area contributed by atoms with Crippen molar-refractivity contribution in [2.45, 2.75) is 19.5 Å². The van der Waals surface area contributed by atoms with E-state index in [0.717, 1.165) is 25.1 Å². The standard InChI is InChI=1S/C19H19ClN4OS/c20-16-3-1-14(2-4-16)11-24-18(5-8-21-24)22-19(25)13-23-9-6-17-15(12-23)7-10-26-17/h1-5,7-8,10H,6,9,11-13H2,(H,22,25). The van der Waals surface area contributed by atoms with E-state index in [4.69, 9.17) is 11.6 Å². The molecule has 26 heavy (non-hydrogen) atoms. The minimum Gasteiger partial charge on any atom is -0.310 e. The number of halogens is 1. The molecule has 0 radical (unpaired) electrons. The second-order valence-corrected chi connectivity index (χ2v) is 7.82. The average Bonchev–Trinajstić information content (AvgIpc) is 3.26. The van der Waals surface area contributed by atoms with Crippen LogP contribution in [0.15, 0.2) is 48.0 Å². The molecule has 0 spiro atoms. The third kappa shape index (κ3) is 3.98. The Kier molecular flexibility index (Phi) is 5.06. The van der Waals surface area contributed by atoms with Gasteiger partial charge in [0.25, 0.3) is 0 Å². The summed E-state index contributed by atoms with van der Waals surface area (Å²) in [6, 6.07) is 11.6. The molecule has 0 saturated heterocycles. The van der Waals surface area contributed by atoms with E-state index in [1.165, 1.54) is 10.4 Å². The van der Waals surface area contributed by atoms with Crippen molar-refractivity contribution >= 4 is 34.7 Å². The lowest BCUT2D eigenvalue weighted by Crippen LogP contribution is -2.36. The average molecular weight is 387 g/mol. The van der Waals surface area contributed by atoms with Gasteiger partial charge in [0, 0.05) is 29.1 Å². The molecule has 7 heteroatoms. The van der Waals surface area contributed by atoms with Crippen molar-refractivity contribution in [3.8, 4) is 0 Å². The maximum absolute atomic E-state index is 12.5. The van der Waals surface area contributed by atoms with Crippen LogP contribution in [0.3, 0.4) is 0 Å². The van der Waals surface area contributed by atoms with Crippen molar-refractivity contribution in [1.82, 2.24) is 14.7 Å². The highest BCUT2D eigenvalue weighted by atomic mass is 35.5. The number of amides is 1. The van der Waals surface area contributed by atoms with Crippen LogP contribution in [-0.4, -0.2) is 33.7 Å². The topological polar surface area (TPSA) is 50.2 Å². The molecule has 134 valence electrons. The number of carbonyl (C=O) groups excluding carboxylic acids is 1. The van der Waals surface area contributed by atoms with Gasteiger partial charge >= 0.3 is 0 Å². The third-order valence-corrected chi connectivity index (χ3v) is 5.76. The Morgan fingerprint density at radius 2 is 2.08 bits per heavy atom. The van der Waals surface area contributed by atoms with Crippen LogP contribution in [0.5, 0.6) is 0 Å². The molecular weight excluding hydrogens is 368 g/mol. The van der Waals surface area contributed by atoms with Crippen LogP contribution in [0, 0.1) is 0 Å². The summed E-state index contributed by atoms with van der Waals surface area (Å²) < 4.78 is 1.79. The lowest BCUT2D eigenvalue weighted by molar-refractivity contribution is -0.117. The fourth-order valence-electron chi connectivity index (χ4n) is 3.15. The molecule has 1 aromatic carbocycles. The molecular formula is C19H19ClN4OS. The van der Waals surface area contributed by atoms with Gasteiger partial charge in [-0.15, -0.1) is 11.3 Å². The van der Waals surface area contributed by atoms with Gasteiger partial charge < -0.3 is 5.32 Å². The number of rotatable bonds is 5. The third-order valence-electron chi connectivity index (χ3n) is 4.48. The number of carbonyl (C=O) groups is 1. The number of nitrogens with zero attached hydrogens (tertiary/aromatic N) is 3. The molecule has 1 aliphatic heterocycles. The Balaban J connectivity index is 1.36. The van der Waals surface area contributed by atoms with Crippen molar-refractivity contribution in [1.29, 1.82) is 0 Å². The number of fused-ring (bicyclic) bond motifs is 1. The van der Waals surface area contributed by atoms with Crippen LogP contribution in [-0.2, 0) is 24.3 Å². The van der Waals surface area contributed by atoms with E-state index in [2.05, 4.69) is 26.8 Å². The molecule has 1 aliphatic rings. The van der Waals surface area contributed by atoms with Gasteiger partial charge in [-0.3, -0.25) is 9.69 Å². The summed E-state index contributed by atoms with van der Waals surface area (Å²) in [5, 5.41) is 10.1. The maximum Gasteiger partial charge on any atom is 0.239 e. The highest BCUT2D eigenvalue weighted by molar-refractivity contribution is 7.10. The Bertz CT molecular complexity index is 902. The van der Waals surface area contributed by atoms with E-state index in [1.54, 1.807) is 22.2 Å². The van der Waals surface area contributed by atoms with E-state index in [1.807, 2.05) is 30.3 Å². The summed E-state index contributed by atoms with van der Waals surface area (Å²) in [4.78, 5) is 16.1. The van der Waals surface area contributed by atoms with Gasteiger partial charge in [0.15, 0.2) is 0 Å². The summed E-state index contributed by atoms with van der Waals surface area (Å²) in [6.45, 7) is 2.74. The van der Waals surface area contributed by atoms with Gasteiger partial charge in [-0.1, -0.05) is 23.7 Å². The summed E-state index contributed by atoms with van der Waals surface area (Å²) in [7, 11) is 0. The van der Waals surface area contributed by atoms with Gasteiger partial charge in [0.2, 0.25) is 5.91 Å². The van der Waals surface area contributed by atoms with E-state index >= 15 is 0 Å². The van der Waals surface area contributed by atoms with E-state index in [0.29, 0.717) is 23.9 Å². The zero-order chi connectivity index (χ0) is 17.9. The number of hydrogen-bond donors (Lipinski definition) is 1. The highest BCUT2D eigenvalue weighted by Gasteiger charge is 2.19. The van der Waals surface area contributed by atoms with Crippen molar-refractivity contribution in [2.75, 3.05) is 18.4 Å². The normalized spacial score (nSPS) is 14.2. The van der Waals surface area contributed by atoms with Crippen molar-refractivity contribution in [2.24, 2.45) is 0 Å². The quantitative estimate of drug-likeness (QED) is 0.728. The molecule has 1 N–H and O–H groups in total. The molecule has 5 nitrogen and oxygen atoms in total. The second kappa shape index (κ2) is 7.61.